The van der Waals surface area contributed by atoms with E-state index in [2.05, 4.69) is 0 Å². The summed E-state index contributed by atoms with van der Waals surface area (Å²) in [4.78, 5) is 0. The molecule has 0 aromatic rings. The van der Waals surface area contributed by atoms with Gasteiger partial charge in [0.25, 0.3) is 0 Å². The van der Waals surface area contributed by atoms with Gasteiger partial charge in [0, 0.05) is 0 Å². The van der Waals surface area contributed by atoms with Crippen LogP contribution in [0.1, 0.15) is 0 Å². The monoisotopic (exact) mass is 349 g/mol. The zero-order valence-electron chi connectivity index (χ0n) is 1.56. The van der Waals surface area contributed by atoms with E-state index in [1.165, 1.54) is 0 Å². The third kappa shape index (κ3) is 8.88. The minimum atomic E-state index is 0. The van der Waals surface area contributed by atoms with Crippen molar-refractivity contribution in [2.75, 3.05) is 0 Å². The Kier molecular flexibility index (Phi) is 77.3. The first kappa shape index (κ1) is 16.4. The molecule has 0 atom stereocenters. The summed E-state index contributed by atoms with van der Waals surface area (Å²) in [6.45, 7) is 0. The van der Waals surface area contributed by atoms with Crippen molar-refractivity contribution in [2.24, 2.45) is 0 Å². The van der Waals surface area contributed by atoms with Crippen molar-refractivity contribution in [3.8, 4) is 0 Å². The second kappa shape index (κ2) is 18.9. The van der Waals surface area contributed by atoms with Crippen LogP contribution in [-0.2, 0) is 24.3 Å². The molecule has 0 aliphatic rings. The van der Waals surface area contributed by atoms with Crippen molar-refractivity contribution in [1.29, 1.82) is 0 Å². The summed E-state index contributed by atoms with van der Waals surface area (Å²) in [7, 11) is 0. The molecule has 0 aliphatic heterocycles. The average molecular weight is 347 g/mol. The van der Waals surface area contributed by atoms with Gasteiger partial charge in [-0.05, 0) is 0 Å². The Bertz CT molecular complexity index is 8.00. The Morgan fingerprint density at radius 1 is 1.25 bits per heavy atom. The molecule has 0 bridgehead atoms. The SMILES string of the molecule is [InH3].[O]=[Nb].[SnH2]. The molecule has 0 rings (SSSR count). The van der Waals surface area contributed by atoms with Crippen molar-refractivity contribution < 1.29 is 24.3 Å². The Morgan fingerprint density at radius 3 is 1.25 bits per heavy atom. The van der Waals surface area contributed by atoms with Crippen LogP contribution >= 0.6 is 0 Å². The zero-order valence-corrected chi connectivity index (χ0v) is 7.80. The van der Waals surface area contributed by atoms with Crippen LogP contribution in [0.5, 0.6) is 0 Å². The third-order valence-corrected chi connectivity index (χ3v) is 0. The summed E-state index contributed by atoms with van der Waals surface area (Å²) in [6, 6.07) is 0. The van der Waals surface area contributed by atoms with Gasteiger partial charge < -0.3 is 0 Å². The molecule has 0 fully saturated rings. The van der Waals surface area contributed by atoms with Gasteiger partial charge in [0.1, 0.15) is 0 Å². The van der Waals surface area contributed by atoms with Gasteiger partial charge in [0.15, 0.2) is 0 Å². The van der Waals surface area contributed by atoms with E-state index in [1.54, 1.807) is 0 Å². The van der Waals surface area contributed by atoms with Crippen LogP contribution in [0, 0.1) is 0 Å². The predicted octanol–water partition coefficient (Wildman–Crippen LogP) is -2.22. The molecule has 0 unspecified atom stereocenters. The molecule has 1 nitrogen and oxygen atoms in total. The molecule has 0 heterocycles. The summed E-state index contributed by atoms with van der Waals surface area (Å²) in [6.07, 6.45) is 0. The van der Waals surface area contributed by atoms with Crippen LogP contribution < -0.4 is 0 Å². The van der Waals surface area contributed by atoms with Gasteiger partial charge in [-0.15, -0.1) is 0 Å². The van der Waals surface area contributed by atoms with Gasteiger partial charge in [0.05, 0.1) is 0 Å². The van der Waals surface area contributed by atoms with Crippen LogP contribution in [0.2, 0.25) is 0 Å². The molecule has 0 spiro atoms. The molecule has 0 aromatic carbocycles. The normalized spacial score (nSPS) is 0.750. The number of hydrogen-bond donors (Lipinski definition) is 0. The molecule has 4 heteroatoms. The first-order valence-corrected chi connectivity index (χ1v) is 1.08. The summed E-state index contributed by atoms with van der Waals surface area (Å²) >= 11 is 0.500. The Morgan fingerprint density at radius 2 is 1.25 bits per heavy atom. The van der Waals surface area contributed by atoms with E-state index in [1.807, 2.05) is 0 Å². The Balaban J connectivity index is -0.00000000500. The summed E-state index contributed by atoms with van der Waals surface area (Å²) in [5, 5.41) is 0. The zero-order chi connectivity index (χ0) is 2.00. The first-order chi connectivity index (χ1) is 1.00. The van der Waals surface area contributed by atoms with E-state index in [4.69, 9.17) is 3.25 Å². The second-order valence-electron chi connectivity index (χ2n) is 0. The van der Waals surface area contributed by atoms with Gasteiger partial charge in [-0.1, -0.05) is 0 Å². The van der Waals surface area contributed by atoms with Gasteiger partial charge in [-0.2, -0.15) is 0 Å². The van der Waals surface area contributed by atoms with Crippen LogP contribution in [0.25, 0.3) is 0 Å². The average Bonchev–Trinajstić information content (AvgIpc) is 1.00. The maximum atomic E-state index is 8.30. The fourth-order valence-electron chi connectivity index (χ4n) is 0. The number of hydrogen-bond acceptors (Lipinski definition) is 1. The van der Waals surface area contributed by atoms with Gasteiger partial charge in [-0.25, -0.2) is 0 Å². The van der Waals surface area contributed by atoms with Crippen LogP contribution in [0.4, 0.5) is 0 Å². The number of rotatable bonds is 0. The first-order valence-electron chi connectivity index (χ1n) is 0.183. The Hall–Kier alpha value is 2.21. The molecular formula is H5InNbOSn. The predicted molar refractivity (Wildman–Crippen MR) is 19.2 cm³/mol. The summed E-state index contributed by atoms with van der Waals surface area (Å²) < 4.78 is 8.30. The van der Waals surface area contributed by atoms with Gasteiger partial charge in [-0.3, -0.25) is 0 Å². The van der Waals surface area contributed by atoms with E-state index in [9.17, 15) is 0 Å². The molecule has 0 amide bonds. The van der Waals surface area contributed by atoms with E-state index in [0.717, 1.165) is 0 Å². The van der Waals surface area contributed by atoms with E-state index < -0.39 is 0 Å². The maximum absolute atomic E-state index is 8.30. The van der Waals surface area contributed by atoms with E-state index in [0.29, 0.717) is 21.0 Å². The van der Waals surface area contributed by atoms with E-state index >= 15 is 0 Å². The van der Waals surface area contributed by atoms with Crippen LogP contribution in [0.3, 0.4) is 0 Å². The fourth-order valence-corrected chi connectivity index (χ4v) is 0. The van der Waals surface area contributed by atoms with Crippen molar-refractivity contribution in [2.45, 2.75) is 0 Å². The minimum absolute atomic E-state index is 0. The quantitative estimate of drug-likeness (QED) is 0.454. The Labute approximate surface area is 72.9 Å². The van der Waals surface area contributed by atoms with Gasteiger partial charge in [0.2, 0.25) is 0 Å². The molecule has 0 aliphatic carbocycles. The molecular weight excluding hydrogens is 342 g/mol. The standard InChI is InChI=1S/In.Nb.O.Sn.5H. The van der Waals surface area contributed by atoms with Crippen molar-refractivity contribution >= 4 is 49.8 Å². The molecule has 4 heavy (non-hydrogen) atoms. The van der Waals surface area contributed by atoms with Crippen molar-refractivity contribution in [3.63, 3.8) is 0 Å². The second-order valence-corrected chi connectivity index (χ2v) is 0. The molecule has 0 N–H and O–H groups in total. The topological polar surface area (TPSA) is 17.1 Å². The third-order valence-electron chi connectivity index (χ3n) is 0. The molecule has 23 valence electrons. The molecule has 0 saturated carbocycles. The van der Waals surface area contributed by atoms with E-state index in [-0.39, 0.29) is 49.8 Å². The molecule has 0 saturated heterocycles. The fraction of sp³-hybridized carbons (Fsp3) is 0. The molecule has 2 radical (unpaired) electrons. The van der Waals surface area contributed by atoms with Gasteiger partial charge >= 0.3 is 74.0 Å². The van der Waals surface area contributed by atoms with Crippen molar-refractivity contribution in [3.05, 3.63) is 0 Å². The molecule has 0 aromatic heterocycles. The summed E-state index contributed by atoms with van der Waals surface area (Å²) in [5.74, 6) is 0. The van der Waals surface area contributed by atoms with Crippen LogP contribution in [-0.4, -0.2) is 49.8 Å². The van der Waals surface area contributed by atoms with Crippen molar-refractivity contribution in [1.82, 2.24) is 0 Å². The van der Waals surface area contributed by atoms with Crippen LogP contribution in [0.15, 0.2) is 0 Å². The summed E-state index contributed by atoms with van der Waals surface area (Å²) in [5.41, 5.74) is 0.